The van der Waals surface area contributed by atoms with Gasteiger partial charge in [-0.3, -0.25) is 4.99 Å². The summed E-state index contributed by atoms with van der Waals surface area (Å²) in [6, 6.07) is 16.3. The SMILES string of the molecule is CCOc1ccc(C2=NCCc3c2oc2ccccc32)cc1. The number of para-hydroxylation sites is 1. The Hall–Kier alpha value is -2.55. The molecule has 0 unspecified atom stereocenters. The average Bonchev–Trinajstić information content (AvgIpc) is 2.95. The summed E-state index contributed by atoms with van der Waals surface area (Å²) in [6.07, 6.45) is 0.937. The number of ether oxygens (including phenoxy) is 1. The topological polar surface area (TPSA) is 34.7 Å². The Kier molecular flexibility index (Phi) is 3.19. The maximum absolute atomic E-state index is 6.07. The molecule has 22 heavy (non-hydrogen) atoms. The first-order valence-corrected chi connectivity index (χ1v) is 7.65. The van der Waals surface area contributed by atoms with E-state index < -0.39 is 0 Å². The zero-order valence-corrected chi connectivity index (χ0v) is 12.5. The maximum Gasteiger partial charge on any atom is 0.157 e. The van der Waals surface area contributed by atoms with E-state index in [1.165, 1.54) is 10.9 Å². The summed E-state index contributed by atoms with van der Waals surface area (Å²) >= 11 is 0. The lowest BCUT2D eigenvalue weighted by Gasteiger charge is -2.12. The highest BCUT2D eigenvalue weighted by Gasteiger charge is 2.22. The zero-order chi connectivity index (χ0) is 14.9. The van der Waals surface area contributed by atoms with Crippen molar-refractivity contribution in [3.63, 3.8) is 0 Å². The van der Waals surface area contributed by atoms with Crippen LogP contribution in [0, 0.1) is 0 Å². The normalized spacial score (nSPS) is 13.8. The van der Waals surface area contributed by atoms with Crippen molar-refractivity contribution in [2.24, 2.45) is 4.99 Å². The molecule has 110 valence electrons. The molecule has 0 amide bonds. The summed E-state index contributed by atoms with van der Waals surface area (Å²) in [5.74, 6) is 1.80. The van der Waals surface area contributed by atoms with Crippen molar-refractivity contribution < 1.29 is 9.15 Å². The summed E-state index contributed by atoms with van der Waals surface area (Å²) < 4.78 is 11.6. The molecule has 1 aliphatic heterocycles. The van der Waals surface area contributed by atoms with Crippen LogP contribution in [0.4, 0.5) is 0 Å². The zero-order valence-electron chi connectivity index (χ0n) is 12.5. The molecule has 3 nitrogen and oxygen atoms in total. The van der Waals surface area contributed by atoms with Crippen LogP contribution in [0.3, 0.4) is 0 Å². The smallest absolute Gasteiger partial charge is 0.157 e. The van der Waals surface area contributed by atoms with Gasteiger partial charge in [0.05, 0.1) is 6.61 Å². The van der Waals surface area contributed by atoms with Gasteiger partial charge in [0.1, 0.15) is 17.0 Å². The average molecular weight is 291 g/mol. The maximum atomic E-state index is 6.07. The molecule has 3 heteroatoms. The van der Waals surface area contributed by atoms with E-state index in [4.69, 9.17) is 14.1 Å². The quantitative estimate of drug-likeness (QED) is 0.724. The highest BCUT2D eigenvalue weighted by molar-refractivity contribution is 6.14. The van der Waals surface area contributed by atoms with Crippen LogP contribution < -0.4 is 4.74 Å². The lowest BCUT2D eigenvalue weighted by atomic mass is 9.98. The molecule has 2 aromatic carbocycles. The Morgan fingerprint density at radius 1 is 1.09 bits per heavy atom. The van der Waals surface area contributed by atoms with Gasteiger partial charge in [-0.15, -0.1) is 0 Å². The number of furan rings is 1. The first-order chi connectivity index (χ1) is 10.9. The van der Waals surface area contributed by atoms with Crippen molar-refractivity contribution in [2.45, 2.75) is 13.3 Å². The number of benzene rings is 2. The monoisotopic (exact) mass is 291 g/mol. The van der Waals surface area contributed by atoms with Crippen molar-refractivity contribution >= 4 is 16.7 Å². The van der Waals surface area contributed by atoms with Gasteiger partial charge in [0, 0.05) is 23.1 Å². The lowest BCUT2D eigenvalue weighted by molar-refractivity contribution is 0.340. The van der Waals surface area contributed by atoms with Crippen molar-refractivity contribution in [3.05, 3.63) is 65.4 Å². The Labute approximate surface area is 129 Å². The Balaban J connectivity index is 1.79. The minimum absolute atomic E-state index is 0.675. The first-order valence-electron chi connectivity index (χ1n) is 7.65. The van der Waals surface area contributed by atoms with Gasteiger partial charge in [0.2, 0.25) is 0 Å². The second-order valence-electron chi connectivity index (χ2n) is 5.34. The van der Waals surface area contributed by atoms with Crippen molar-refractivity contribution in [1.29, 1.82) is 0 Å². The fraction of sp³-hybridized carbons (Fsp3) is 0.211. The van der Waals surface area contributed by atoms with Gasteiger partial charge < -0.3 is 9.15 Å². The van der Waals surface area contributed by atoms with Crippen LogP contribution in [0.1, 0.15) is 23.8 Å². The number of hydrogen-bond acceptors (Lipinski definition) is 3. The second-order valence-corrected chi connectivity index (χ2v) is 5.34. The van der Waals surface area contributed by atoms with E-state index in [1.807, 2.05) is 43.3 Å². The third-order valence-electron chi connectivity index (χ3n) is 3.98. The van der Waals surface area contributed by atoms with Gasteiger partial charge in [-0.05, 0) is 43.7 Å². The minimum Gasteiger partial charge on any atom is -0.494 e. The van der Waals surface area contributed by atoms with E-state index in [-0.39, 0.29) is 0 Å². The highest BCUT2D eigenvalue weighted by atomic mass is 16.5. The van der Waals surface area contributed by atoms with Gasteiger partial charge >= 0.3 is 0 Å². The minimum atomic E-state index is 0.675. The van der Waals surface area contributed by atoms with Gasteiger partial charge in [0.15, 0.2) is 5.76 Å². The number of nitrogens with zero attached hydrogens (tertiary/aromatic N) is 1. The molecule has 0 N–H and O–H groups in total. The van der Waals surface area contributed by atoms with E-state index in [2.05, 4.69) is 12.1 Å². The molecule has 0 aliphatic carbocycles. The van der Waals surface area contributed by atoms with Gasteiger partial charge in [-0.25, -0.2) is 0 Å². The van der Waals surface area contributed by atoms with E-state index >= 15 is 0 Å². The van der Waals surface area contributed by atoms with E-state index in [1.54, 1.807) is 0 Å². The number of rotatable bonds is 3. The highest BCUT2D eigenvalue weighted by Crippen LogP contribution is 2.31. The predicted octanol–water partition coefficient (Wildman–Crippen LogP) is 4.23. The van der Waals surface area contributed by atoms with Crippen LogP contribution in [-0.4, -0.2) is 18.9 Å². The van der Waals surface area contributed by atoms with Crippen LogP contribution in [-0.2, 0) is 6.42 Å². The Bertz CT molecular complexity index is 844. The molecule has 1 aliphatic rings. The molecule has 0 saturated carbocycles. The molecular weight excluding hydrogens is 274 g/mol. The van der Waals surface area contributed by atoms with Gasteiger partial charge in [0.25, 0.3) is 0 Å². The molecule has 4 rings (SSSR count). The Morgan fingerprint density at radius 3 is 2.73 bits per heavy atom. The van der Waals surface area contributed by atoms with Crippen LogP contribution in [0.25, 0.3) is 11.0 Å². The van der Waals surface area contributed by atoms with Crippen molar-refractivity contribution in [2.75, 3.05) is 13.2 Å². The molecule has 0 saturated heterocycles. The largest absolute Gasteiger partial charge is 0.494 e. The summed E-state index contributed by atoms with van der Waals surface area (Å²) in [5.41, 5.74) is 4.23. The summed E-state index contributed by atoms with van der Waals surface area (Å²) in [5, 5.41) is 1.20. The third kappa shape index (κ3) is 2.10. The number of fused-ring (bicyclic) bond motifs is 3. The number of hydrogen-bond donors (Lipinski definition) is 0. The van der Waals surface area contributed by atoms with Gasteiger partial charge in [-0.2, -0.15) is 0 Å². The number of aliphatic imine (C=N–C) groups is 1. The first kappa shape index (κ1) is 13.1. The molecule has 1 aromatic heterocycles. The fourth-order valence-corrected chi connectivity index (χ4v) is 2.99. The van der Waals surface area contributed by atoms with Crippen LogP contribution in [0.15, 0.2) is 57.9 Å². The van der Waals surface area contributed by atoms with Crippen molar-refractivity contribution in [3.8, 4) is 5.75 Å². The van der Waals surface area contributed by atoms with E-state index in [0.717, 1.165) is 41.3 Å². The molecular formula is C19H17NO2. The summed E-state index contributed by atoms with van der Waals surface area (Å²) in [7, 11) is 0. The molecule has 0 bridgehead atoms. The summed E-state index contributed by atoms with van der Waals surface area (Å²) in [6.45, 7) is 3.47. The van der Waals surface area contributed by atoms with Crippen LogP contribution in [0.5, 0.6) is 5.75 Å². The van der Waals surface area contributed by atoms with Gasteiger partial charge in [-0.1, -0.05) is 18.2 Å². The lowest BCUT2D eigenvalue weighted by Crippen LogP contribution is -2.12. The fourth-order valence-electron chi connectivity index (χ4n) is 2.99. The molecule has 0 radical (unpaired) electrons. The molecule has 0 fully saturated rings. The summed E-state index contributed by atoms with van der Waals surface area (Å²) in [4.78, 5) is 4.69. The Morgan fingerprint density at radius 2 is 1.91 bits per heavy atom. The van der Waals surface area contributed by atoms with Crippen molar-refractivity contribution in [1.82, 2.24) is 0 Å². The van der Waals surface area contributed by atoms with E-state index in [0.29, 0.717) is 6.61 Å². The van der Waals surface area contributed by atoms with E-state index in [9.17, 15) is 0 Å². The third-order valence-corrected chi connectivity index (χ3v) is 3.98. The molecule has 0 atom stereocenters. The molecule has 0 spiro atoms. The second kappa shape index (κ2) is 5.34. The molecule has 2 heterocycles. The standard InChI is InChI=1S/C19H17NO2/c1-2-21-14-9-7-13(8-10-14)18-19-16(11-12-20-18)15-5-3-4-6-17(15)22-19/h3-10H,2,11-12H2,1H3. The molecule has 3 aromatic rings. The van der Waals surface area contributed by atoms with Crippen LogP contribution in [0.2, 0.25) is 0 Å². The predicted molar refractivity (Wildman–Crippen MR) is 88.0 cm³/mol. The van der Waals surface area contributed by atoms with Crippen LogP contribution >= 0.6 is 0 Å².